The number of primary amides is 1. The molecule has 2 heterocycles. The highest BCUT2D eigenvalue weighted by Crippen LogP contribution is 2.22. The molecule has 38 nitrogen and oxygen atoms in total. The maximum atomic E-state index is 15.1. The number of carbonyl (C=O) groups excluding carboxylic acids is 14. The van der Waals surface area contributed by atoms with Gasteiger partial charge in [0, 0.05) is 73.8 Å². The van der Waals surface area contributed by atoms with E-state index in [1.807, 2.05) is 0 Å². The van der Waals surface area contributed by atoms with Crippen LogP contribution < -0.4 is 92.1 Å². The van der Waals surface area contributed by atoms with Crippen LogP contribution in [0.4, 0.5) is 0 Å². The lowest BCUT2D eigenvalue weighted by atomic mass is 9.99. The van der Waals surface area contributed by atoms with Gasteiger partial charge in [0.15, 0.2) is 5.96 Å². The third-order valence-corrected chi connectivity index (χ3v) is 20.2. The van der Waals surface area contributed by atoms with E-state index in [9.17, 15) is 82.1 Å². The molecule has 25 N–H and O–H groups in total. The number of aromatic nitrogens is 1. The second-order valence-electron chi connectivity index (χ2n) is 30.0. The third-order valence-electron chi connectivity index (χ3n) is 19.4. The largest absolute Gasteiger partial charge is 0.481 e. The van der Waals surface area contributed by atoms with Gasteiger partial charge in [0.1, 0.15) is 72.5 Å². The van der Waals surface area contributed by atoms with Gasteiger partial charge in [-0.15, -0.1) is 0 Å². The second kappa shape index (κ2) is 50.4. The molecule has 1 fully saturated rings. The van der Waals surface area contributed by atoms with Crippen LogP contribution >= 0.6 is 25.3 Å². The van der Waals surface area contributed by atoms with E-state index in [0.29, 0.717) is 40.4 Å². The number of hydrogen-bond donors (Lipinski definition) is 23. The molecule has 1 saturated heterocycles. The molecule has 0 unspecified atom stereocenters. The van der Waals surface area contributed by atoms with Crippen molar-refractivity contribution in [1.29, 1.82) is 5.41 Å². The number of carbonyl (C=O) groups is 16. The first-order valence-electron chi connectivity index (χ1n) is 39.5. The van der Waals surface area contributed by atoms with Crippen LogP contribution in [-0.4, -0.2) is 237 Å². The van der Waals surface area contributed by atoms with Gasteiger partial charge in [-0.2, -0.15) is 25.3 Å². The van der Waals surface area contributed by atoms with Crippen LogP contribution in [0.2, 0.25) is 0 Å². The van der Waals surface area contributed by atoms with Crippen molar-refractivity contribution in [3.05, 3.63) is 108 Å². The molecule has 4 aromatic rings. The number of rotatable bonds is 52. The molecule has 119 heavy (non-hydrogen) atoms. The minimum atomic E-state index is -1.71. The van der Waals surface area contributed by atoms with Crippen molar-refractivity contribution in [3.63, 3.8) is 0 Å². The van der Waals surface area contributed by atoms with E-state index in [1.54, 1.807) is 119 Å². The summed E-state index contributed by atoms with van der Waals surface area (Å²) >= 11 is 8.38. The molecule has 3 aromatic carbocycles. The summed E-state index contributed by atoms with van der Waals surface area (Å²) in [6.07, 6.45) is 0.124. The number of nitrogens with two attached hydrogens (primary N) is 4. The van der Waals surface area contributed by atoms with Gasteiger partial charge >= 0.3 is 11.9 Å². The van der Waals surface area contributed by atoms with Gasteiger partial charge in [0.05, 0.1) is 12.6 Å². The number of nitrogens with one attached hydrogen (secondary N) is 15. The number of likely N-dealkylation sites (tertiary alicyclic amines) is 1. The van der Waals surface area contributed by atoms with Gasteiger partial charge in [-0.3, -0.25) is 77.3 Å². The van der Waals surface area contributed by atoms with Crippen molar-refractivity contribution >= 4 is 137 Å². The van der Waals surface area contributed by atoms with Crippen molar-refractivity contribution < 1.29 is 86.9 Å². The van der Waals surface area contributed by atoms with Crippen LogP contribution in [0.15, 0.2) is 91.1 Å². The number of H-pyrrole nitrogens is 1. The Morgan fingerprint density at radius 2 is 0.941 bits per heavy atom. The molecule has 1 aromatic heterocycles. The monoisotopic (exact) mass is 1700 g/mol. The highest BCUT2D eigenvalue weighted by atomic mass is 32.1. The number of hydrogen-bond acceptors (Lipinski definition) is 21. The van der Waals surface area contributed by atoms with Crippen molar-refractivity contribution in [3.8, 4) is 0 Å². The normalized spacial score (nSPS) is 15.5. The Bertz CT molecular complexity index is 4140. The number of aliphatic carboxylic acids is 2. The van der Waals surface area contributed by atoms with Gasteiger partial charge in [-0.25, -0.2) is 4.79 Å². The Morgan fingerprint density at radius 3 is 1.46 bits per heavy atom. The van der Waals surface area contributed by atoms with Crippen LogP contribution in [0.1, 0.15) is 135 Å². The van der Waals surface area contributed by atoms with Gasteiger partial charge in [0.25, 0.3) is 0 Å². The quantitative estimate of drug-likeness (QED) is 0.00944. The zero-order valence-electron chi connectivity index (χ0n) is 67.5. The number of aromatic amines is 1. The van der Waals surface area contributed by atoms with Crippen LogP contribution in [-0.2, 0) is 96.0 Å². The van der Waals surface area contributed by atoms with E-state index in [1.165, 1.54) is 11.8 Å². The van der Waals surface area contributed by atoms with E-state index in [0.717, 1.165) is 0 Å². The van der Waals surface area contributed by atoms with E-state index >= 15 is 4.79 Å². The van der Waals surface area contributed by atoms with E-state index in [2.05, 4.69) is 99.4 Å². The standard InChI is InChI=1S/C79H116N20O18S2/c1-43(2)34-56(73(111)98-61(42-119)76(114)92-55(28-30-65(102)103)70(108)90-52(24-14-15-31-80)69(107)94-58(36-46-18-8-6-9-19-46)74(112)97-60(78(116)117)37-47-20-10-7-11-21-47)93-75(113)59(38-48-39-86-51-23-13-12-22-49(48)51)95-71(109)54(27-29-63(82)100)91-72(110)57(35-44(3)4)96-77(115)62-26-17-33-99(62)64(101)40-87-66(104)45(5)88-68(106)53(25-16-32-85-79(83)84)89-67(105)50(81)41-118/h6-13,18-23,39,43-45,50,52-62,86,118-119H,14-17,24-38,40-42,80-81H2,1-5H3,(H2,82,100)(H,87,104)(H,88,106)(H,89,105)(H,90,108)(H,91,110)(H,92,114)(H,93,113)(H,94,107)(H,95,109)(H,96,115)(H,97,112)(H,98,111)(H,102,103)(H,116,117)(H4,83,84,85)/t45-,50-,52-,53-,54-,55-,56-,57-,58-,59-,60-,61-,62-/m0/s1. The number of unbranched alkanes of at least 4 members (excludes halogenated alkanes) is 1. The number of benzene rings is 3. The third kappa shape index (κ3) is 33.9. The highest BCUT2D eigenvalue weighted by Gasteiger charge is 2.40. The van der Waals surface area contributed by atoms with Crippen LogP contribution in [0, 0.1) is 17.2 Å². The number of carboxylic acid groups (broad SMARTS) is 2. The number of para-hydroxylation sites is 1. The fourth-order valence-electron chi connectivity index (χ4n) is 13.0. The molecule has 14 amide bonds. The van der Waals surface area contributed by atoms with Gasteiger partial charge < -0.3 is 112 Å². The lowest BCUT2D eigenvalue weighted by Gasteiger charge is -2.29. The average Bonchev–Trinajstić information content (AvgIpc) is 1.74. The number of carboxylic acids is 2. The van der Waals surface area contributed by atoms with Crippen molar-refractivity contribution in [2.75, 3.05) is 37.7 Å². The molecule has 0 radical (unpaired) electrons. The predicted molar refractivity (Wildman–Crippen MR) is 447 cm³/mol. The molecular formula is C79H116N20O18S2. The summed E-state index contributed by atoms with van der Waals surface area (Å²) in [7, 11) is 0. The molecule has 13 atom stereocenters. The first kappa shape index (κ1) is 98.2. The maximum Gasteiger partial charge on any atom is 0.326 e. The maximum absolute atomic E-state index is 15.1. The molecule has 1 aliphatic rings. The Labute approximate surface area is 700 Å². The average molecular weight is 1700 g/mol. The zero-order chi connectivity index (χ0) is 88.0. The fraction of sp³-hybridized carbons (Fsp3) is 0.532. The summed E-state index contributed by atoms with van der Waals surface area (Å²) in [4.78, 5) is 226. The molecule has 0 spiro atoms. The van der Waals surface area contributed by atoms with Crippen molar-refractivity contribution in [2.24, 2.45) is 34.8 Å². The zero-order valence-corrected chi connectivity index (χ0v) is 69.2. The Morgan fingerprint density at radius 1 is 0.496 bits per heavy atom. The number of amides is 14. The SMILES string of the molecule is CC(C)C[C@H](NC(=O)[C@H](Cc1c[nH]c2ccccc12)NC(=O)[C@H](CCC(N)=O)NC(=O)[C@H](CC(C)C)NC(=O)[C@@H]1CCCN1C(=O)CNC(=O)[C@H](C)NC(=O)[C@H](CCCNC(=N)N)NC(=O)[C@@H](N)CS)C(=O)N[C@@H](CS)C(=O)N[C@@H](CCC(=O)O)C(=O)N[C@@H](CCCCN)C(=O)N[C@@H](Cc1ccccc1)C(=O)N[C@@H](Cc1ccccc1)C(=O)O. The predicted octanol–water partition coefficient (Wildman–Crippen LogP) is -2.46. The molecular weight excluding hydrogens is 1580 g/mol. The summed E-state index contributed by atoms with van der Waals surface area (Å²) in [6.45, 7) is 8.10. The molecule has 0 bridgehead atoms. The highest BCUT2D eigenvalue weighted by molar-refractivity contribution is 7.80. The first-order valence-corrected chi connectivity index (χ1v) is 40.8. The number of thiol groups is 2. The van der Waals surface area contributed by atoms with Crippen molar-refractivity contribution in [2.45, 2.75) is 216 Å². The topological polar surface area (TPSA) is 617 Å². The van der Waals surface area contributed by atoms with Gasteiger partial charge in [-0.05, 0) is 119 Å². The Hall–Kier alpha value is -11.4. The van der Waals surface area contributed by atoms with E-state index in [4.69, 9.17) is 28.3 Å². The summed E-state index contributed by atoms with van der Waals surface area (Å²) in [5.41, 5.74) is 24.9. The number of guanidine groups is 1. The van der Waals surface area contributed by atoms with Crippen LogP contribution in [0.3, 0.4) is 0 Å². The molecule has 652 valence electrons. The first-order chi connectivity index (χ1) is 56.5. The summed E-state index contributed by atoms with van der Waals surface area (Å²) in [5, 5.41) is 61.7. The van der Waals surface area contributed by atoms with E-state index in [-0.39, 0.29) is 107 Å². The Kier molecular flexibility index (Phi) is 41.6. The van der Waals surface area contributed by atoms with Gasteiger partial charge in [0.2, 0.25) is 82.7 Å². The van der Waals surface area contributed by atoms with Crippen molar-refractivity contribution in [1.82, 2.24) is 79.0 Å². The lowest BCUT2D eigenvalue weighted by Crippen LogP contribution is -2.61. The molecule has 5 rings (SSSR count). The van der Waals surface area contributed by atoms with E-state index < -0.39 is 211 Å². The number of fused-ring (bicyclic) bond motifs is 1. The molecule has 0 aliphatic carbocycles. The summed E-state index contributed by atoms with van der Waals surface area (Å²) in [6, 6.07) is 5.70. The summed E-state index contributed by atoms with van der Waals surface area (Å²) in [5.74, 6) is -16.5. The van der Waals surface area contributed by atoms with Crippen LogP contribution in [0.5, 0.6) is 0 Å². The minimum Gasteiger partial charge on any atom is -0.481 e. The smallest absolute Gasteiger partial charge is 0.326 e. The second-order valence-corrected chi connectivity index (χ2v) is 30.8. The van der Waals surface area contributed by atoms with Crippen LogP contribution in [0.25, 0.3) is 10.9 Å². The molecule has 40 heteroatoms. The molecule has 0 saturated carbocycles. The summed E-state index contributed by atoms with van der Waals surface area (Å²) < 4.78 is 0. The fourth-order valence-corrected chi connectivity index (χ4v) is 13.5. The van der Waals surface area contributed by atoms with Gasteiger partial charge in [-0.1, -0.05) is 107 Å². The Balaban J connectivity index is 1.34. The lowest BCUT2D eigenvalue weighted by molar-refractivity contribution is -0.142. The number of nitrogens with zero attached hydrogens (tertiary/aromatic N) is 1. The minimum absolute atomic E-state index is 0.0283. The molecule has 1 aliphatic heterocycles.